The van der Waals surface area contributed by atoms with E-state index in [1.165, 1.54) is 7.11 Å². The van der Waals surface area contributed by atoms with Gasteiger partial charge in [0.25, 0.3) is 0 Å². The highest BCUT2D eigenvalue weighted by atomic mass is 16.5. The van der Waals surface area contributed by atoms with Gasteiger partial charge in [0, 0.05) is 32.5 Å². The van der Waals surface area contributed by atoms with Crippen LogP contribution in [0.15, 0.2) is 12.4 Å². The van der Waals surface area contributed by atoms with E-state index in [1.54, 1.807) is 10.9 Å². The van der Waals surface area contributed by atoms with E-state index < -0.39 is 0 Å². The largest absolute Gasteiger partial charge is 0.377 e. The number of ether oxygens (including phenoxy) is 1. The number of ketones is 1. The Kier molecular flexibility index (Phi) is 4.45. The molecule has 0 bridgehead atoms. The molecule has 0 spiro atoms. The van der Waals surface area contributed by atoms with Crippen molar-refractivity contribution in [1.29, 1.82) is 0 Å². The Morgan fingerprint density at radius 1 is 1.67 bits per heavy atom. The summed E-state index contributed by atoms with van der Waals surface area (Å²) in [6.07, 6.45) is 3.74. The van der Waals surface area contributed by atoms with E-state index in [0.717, 1.165) is 12.1 Å². The van der Waals surface area contributed by atoms with Gasteiger partial charge in [0.15, 0.2) is 5.78 Å². The zero-order chi connectivity index (χ0) is 11.3. The Morgan fingerprint density at radius 2 is 2.40 bits per heavy atom. The third-order valence-electron chi connectivity index (χ3n) is 1.96. The minimum Gasteiger partial charge on any atom is -0.377 e. The molecule has 0 unspecified atom stereocenters. The smallest absolute Gasteiger partial charge is 0.172 e. The van der Waals surface area contributed by atoms with Gasteiger partial charge in [0.05, 0.1) is 12.7 Å². The number of hydrogen-bond donors (Lipinski definition) is 0. The number of methoxy groups -OCH3 is 1. The molecule has 1 heterocycles. The van der Waals surface area contributed by atoms with Crippen LogP contribution in [0.25, 0.3) is 0 Å². The van der Waals surface area contributed by atoms with Gasteiger partial charge in [-0.3, -0.25) is 14.4 Å². The summed E-state index contributed by atoms with van der Waals surface area (Å²) in [6.45, 7) is 1.31. The van der Waals surface area contributed by atoms with Crippen molar-refractivity contribution in [2.24, 2.45) is 7.05 Å². The van der Waals surface area contributed by atoms with Crippen LogP contribution in [0.3, 0.4) is 0 Å². The number of hydrogen-bond acceptors (Lipinski definition) is 4. The number of carbonyl (C=O) groups excluding carboxylic acids is 1. The van der Waals surface area contributed by atoms with Crippen LogP contribution in [0.4, 0.5) is 0 Å². The van der Waals surface area contributed by atoms with Crippen molar-refractivity contribution < 1.29 is 9.53 Å². The SMILES string of the molecule is COCC(=O)CN(C)Cc1cnn(C)c1. The summed E-state index contributed by atoms with van der Waals surface area (Å²) in [7, 11) is 5.30. The first-order valence-electron chi connectivity index (χ1n) is 4.78. The van der Waals surface area contributed by atoms with Crippen LogP contribution in [-0.2, 0) is 23.1 Å². The summed E-state index contributed by atoms with van der Waals surface area (Å²) < 4.78 is 6.52. The van der Waals surface area contributed by atoms with E-state index in [1.807, 2.05) is 25.2 Å². The summed E-state index contributed by atoms with van der Waals surface area (Å²) >= 11 is 0. The van der Waals surface area contributed by atoms with E-state index in [2.05, 4.69) is 5.10 Å². The molecule has 5 nitrogen and oxygen atoms in total. The zero-order valence-corrected chi connectivity index (χ0v) is 9.43. The van der Waals surface area contributed by atoms with Gasteiger partial charge < -0.3 is 4.74 Å². The molecular weight excluding hydrogens is 194 g/mol. The molecule has 1 aromatic rings. The highest BCUT2D eigenvalue weighted by Gasteiger charge is 2.07. The number of aryl methyl sites for hydroxylation is 1. The molecule has 0 saturated heterocycles. The van der Waals surface area contributed by atoms with Crippen molar-refractivity contribution in [2.45, 2.75) is 6.54 Å². The zero-order valence-electron chi connectivity index (χ0n) is 9.43. The summed E-state index contributed by atoms with van der Waals surface area (Å²) in [6, 6.07) is 0. The number of carbonyl (C=O) groups is 1. The Labute approximate surface area is 89.6 Å². The fourth-order valence-corrected chi connectivity index (χ4v) is 1.43. The Balaban J connectivity index is 2.35. The number of Topliss-reactive ketones (excluding diaryl/α,β-unsaturated/α-hetero) is 1. The number of rotatable bonds is 6. The van der Waals surface area contributed by atoms with Crippen LogP contribution < -0.4 is 0 Å². The predicted octanol–water partition coefficient (Wildman–Crippen LogP) is 0.0674. The second kappa shape index (κ2) is 5.63. The van der Waals surface area contributed by atoms with Gasteiger partial charge in [-0.2, -0.15) is 5.10 Å². The van der Waals surface area contributed by atoms with Gasteiger partial charge in [0.1, 0.15) is 6.61 Å². The van der Waals surface area contributed by atoms with E-state index in [9.17, 15) is 4.79 Å². The molecular formula is C10H17N3O2. The van der Waals surface area contributed by atoms with Gasteiger partial charge in [-0.1, -0.05) is 0 Å². The molecule has 1 aromatic heterocycles. The first-order chi connectivity index (χ1) is 7.11. The lowest BCUT2D eigenvalue weighted by Crippen LogP contribution is -2.27. The molecule has 0 saturated carbocycles. The van der Waals surface area contributed by atoms with Gasteiger partial charge in [0.2, 0.25) is 0 Å². The molecule has 5 heteroatoms. The van der Waals surface area contributed by atoms with Crippen molar-refractivity contribution in [3.63, 3.8) is 0 Å². The quantitative estimate of drug-likeness (QED) is 0.668. The average Bonchev–Trinajstić information content (AvgIpc) is 2.51. The molecule has 0 radical (unpaired) electrons. The third-order valence-corrected chi connectivity index (χ3v) is 1.96. The van der Waals surface area contributed by atoms with Gasteiger partial charge in [-0.25, -0.2) is 0 Å². The Morgan fingerprint density at radius 3 is 2.93 bits per heavy atom. The summed E-state index contributed by atoms with van der Waals surface area (Å²) in [5, 5.41) is 4.07. The van der Waals surface area contributed by atoms with Crippen molar-refractivity contribution >= 4 is 5.78 Å². The highest BCUT2D eigenvalue weighted by Crippen LogP contribution is 2.00. The molecule has 0 N–H and O–H groups in total. The molecule has 0 aromatic carbocycles. The van der Waals surface area contributed by atoms with Crippen LogP contribution in [-0.4, -0.2) is 47.8 Å². The molecule has 0 aliphatic carbocycles. The van der Waals surface area contributed by atoms with Gasteiger partial charge in [-0.15, -0.1) is 0 Å². The van der Waals surface area contributed by atoms with Crippen LogP contribution >= 0.6 is 0 Å². The number of aromatic nitrogens is 2. The normalized spacial score (nSPS) is 10.9. The highest BCUT2D eigenvalue weighted by molar-refractivity contribution is 5.81. The minimum atomic E-state index is 0.0869. The predicted molar refractivity (Wildman–Crippen MR) is 56.4 cm³/mol. The molecule has 0 atom stereocenters. The second-order valence-electron chi connectivity index (χ2n) is 3.67. The van der Waals surface area contributed by atoms with Crippen molar-refractivity contribution in [1.82, 2.24) is 14.7 Å². The van der Waals surface area contributed by atoms with Crippen LogP contribution in [0.2, 0.25) is 0 Å². The lowest BCUT2D eigenvalue weighted by atomic mass is 10.3. The maximum atomic E-state index is 11.3. The first kappa shape index (κ1) is 11.9. The van der Waals surface area contributed by atoms with E-state index >= 15 is 0 Å². The molecule has 0 amide bonds. The molecule has 1 rings (SSSR count). The summed E-state index contributed by atoms with van der Waals surface area (Å²) in [5.41, 5.74) is 1.10. The monoisotopic (exact) mass is 211 g/mol. The van der Waals surface area contributed by atoms with Gasteiger partial charge in [-0.05, 0) is 7.05 Å². The molecule has 0 aliphatic heterocycles. The van der Waals surface area contributed by atoms with Gasteiger partial charge >= 0.3 is 0 Å². The third kappa shape index (κ3) is 4.22. The van der Waals surface area contributed by atoms with E-state index in [0.29, 0.717) is 6.54 Å². The first-order valence-corrected chi connectivity index (χ1v) is 4.78. The lowest BCUT2D eigenvalue weighted by molar-refractivity contribution is -0.123. The van der Waals surface area contributed by atoms with Crippen molar-refractivity contribution in [3.8, 4) is 0 Å². The van der Waals surface area contributed by atoms with Crippen LogP contribution in [0, 0.1) is 0 Å². The van der Waals surface area contributed by atoms with Crippen molar-refractivity contribution in [2.75, 3.05) is 27.3 Å². The van der Waals surface area contributed by atoms with Crippen LogP contribution in [0.1, 0.15) is 5.56 Å². The topological polar surface area (TPSA) is 47.4 Å². The van der Waals surface area contributed by atoms with E-state index in [4.69, 9.17) is 4.74 Å². The minimum absolute atomic E-state index is 0.0869. The Bertz CT molecular complexity index is 322. The maximum absolute atomic E-state index is 11.3. The van der Waals surface area contributed by atoms with Crippen molar-refractivity contribution in [3.05, 3.63) is 18.0 Å². The second-order valence-corrected chi connectivity index (χ2v) is 3.67. The molecule has 15 heavy (non-hydrogen) atoms. The van der Waals surface area contributed by atoms with Crippen LogP contribution in [0.5, 0.6) is 0 Å². The van der Waals surface area contributed by atoms with E-state index in [-0.39, 0.29) is 12.4 Å². The standard InChI is InChI=1S/C10H17N3O2/c1-12(7-10(14)8-15-3)5-9-4-11-13(2)6-9/h4,6H,5,7-8H2,1-3H3. The summed E-state index contributed by atoms with van der Waals surface area (Å²) in [5.74, 6) is 0.0869. The fraction of sp³-hybridized carbons (Fsp3) is 0.600. The number of nitrogens with zero attached hydrogens (tertiary/aromatic N) is 3. The lowest BCUT2D eigenvalue weighted by Gasteiger charge is -2.13. The maximum Gasteiger partial charge on any atom is 0.172 e. The molecule has 0 fully saturated rings. The average molecular weight is 211 g/mol. The number of likely N-dealkylation sites (N-methyl/N-ethyl adjacent to an activating group) is 1. The molecule has 84 valence electrons. The fourth-order valence-electron chi connectivity index (χ4n) is 1.43. The summed E-state index contributed by atoms with van der Waals surface area (Å²) in [4.78, 5) is 13.2. The Hall–Kier alpha value is -1.20. The molecule has 0 aliphatic rings.